The summed E-state index contributed by atoms with van der Waals surface area (Å²) in [6, 6.07) is 13.9. The van der Waals surface area contributed by atoms with Crippen LogP contribution in [0.1, 0.15) is 6.42 Å². The van der Waals surface area contributed by atoms with Crippen molar-refractivity contribution >= 4 is 16.5 Å². The van der Waals surface area contributed by atoms with Gasteiger partial charge in [-0.1, -0.05) is 6.07 Å². The lowest BCUT2D eigenvalue weighted by molar-refractivity contribution is 0.301. The topological polar surface area (TPSA) is 77.5 Å². The second-order valence-corrected chi connectivity index (χ2v) is 5.36. The summed E-state index contributed by atoms with van der Waals surface area (Å²) in [7, 11) is 0. The third-order valence-corrected chi connectivity index (χ3v) is 3.65. The molecular weight excluding hydrogens is 292 g/mol. The zero-order chi connectivity index (χ0) is 16.2. The summed E-state index contributed by atoms with van der Waals surface area (Å²) in [6.45, 7) is 1.06. The average Bonchev–Trinajstić information content (AvgIpc) is 2.55. The van der Waals surface area contributed by atoms with Crippen molar-refractivity contribution in [3.8, 4) is 11.5 Å². The van der Waals surface area contributed by atoms with Crippen LogP contribution in [-0.2, 0) is 6.54 Å². The first-order valence-electron chi connectivity index (χ1n) is 7.44. The minimum absolute atomic E-state index is 0.0963. The van der Waals surface area contributed by atoms with Crippen molar-refractivity contribution in [2.24, 2.45) is 0 Å². The van der Waals surface area contributed by atoms with Gasteiger partial charge in [-0.05, 0) is 54.3 Å². The van der Waals surface area contributed by atoms with E-state index in [9.17, 15) is 9.90 Å². The molecule has 1 aromatic heterocycles. The van der Waals surface area contributed by atoms with Crippen LogP contribution in [0.25, 0.3) is 10.8 Å². The van der Waals surface area contributed by atoms with Crippen LogP contribution in [0.4, 0.5) is 5.69 Å². The molecule has 5 heteroatoms. The molecule has 0 aliphatic carbocycles. The molecule has 0 spiro atoms. The number of ether oxygens (including phenoxy) is 1. The van der Waals surface area contributed by atoms with Crippen LogP contribution in [0.2, 0.25) is 0 Å². The van der Waals surface area contributed by atoms with Gasteiger partial charge in [0.15, 0.2) is 0 Å². The Balaban J connectivity index is 1.64. The Morgan fingerprint density at radius 3 is 2.65 bits per heavy atom. The highest BCUT2D eigenvalue weighted by Gasteiger charge is 2.04. The SMILES string of the molecule is Nc1ccc(OCCCn2ccc3ccc(O)cc3c2=O)cc1. The molecule has 0 aliphatic rings. The molecule has 0 unspecified atom stereocenters. The summed E-state index contributed by atoms with van der Waals surface area (Å²) in [5.74, 6) is 0.856. The lowest BCUT2D eigenvalue weighted by Gasteiger charge is -2.09. The van der Waals surface area contributed by atoms with E-state index in [1.807, 2.05) is 18.2 Å². The van der Waals surface area contributed by atoms with Crippen LogP contribution in [0.3, 0.4) is 0 Å². The summed E-state index contributed by atoms with van der Waals surface area (Å²) in [5.41, 5.74) is 6.21. The molecule has 3 aromatic rings. The number of aryl methyl sites for hydroxylation is 1. The molecule has 0 fully saturated rings. The van der Waals surface area contributed by atoms with Crippen molar-refractivity contribution < 1.29 is 9.84 Å². The molecule has 0 atom stereocenters. The molecule has 3 rings (SSSR count). The zero-order valence-corrected chi connectivity index (χ0v) is 12.6. The van der Waals surface area contributed by atoms with Gasteiger partial charge in [-0.15, -0.1) is 0 Å². The number of nitrogen functional groups attached to an aromatic ring is 1. The fourth-order valence-electron chi connectivity index (χ4n) is 2.43. The predicted octanol–water partition coefficient (Wildman–Crippen LogP) is 2.76. The largest absolute Gasteiger partial charge is 0.508 e. The van der Waals surface area contributed by atoms with Crippen molar-refractivity contribution in [2.75, 3.05) is 12.3 Å². The standard InChI is InChI=1S/C18H18N2O3/c19-14-3-6-16(7-4-14)23-11-1-9-20-10-8-13-2-5-15(21)12-17(13)18(20)22/h2-8,10,12,21H,1,9,11,19H2. The number of nitrogens with zero attached hydrogens (tertiary/aromatic N) is 1. The highest BCUT2D eigenvalue weighted by molar-refractivity contribution is 5.82. The lowest BCUT2D eigenvalue weighted by Crippen LogP contribution is -2.20. The van der Waals surface area contributed by atoms with E-state index in [-0.39, 0.29) is 11.3 Å². The number of nitrogens with two attached hydrogens (primary N) is 1. The summed E-state index contributed by atoms with van der Waals surface area (Å²) < 4.78 is 7.25. The molecule has 0 amide bonds. The Labute approximate surface area is 133 Å². The minimum atomic E-state index is -0.106. The van der Waals surface area contributed by atoms with Gasteiger partial charge < -0.3 is 20.1 Å². The number of fused-ring (bicyclic) bond motifs is 1. The van der Waals surface area contributed by atoms with Crippen LogP contribution in [0, 0.1) is 0 Å². The first kappa shape index (κ1) is 15.0. The summed E-state index contributed by atoms with van der Waals surface area (Å²) in [5, 5.41) is 10.9. The minimum Gasteiger partial charge on any atom is -0.508 e. The Hall–Kier alpha value is -2.95. The van der Waals surface area contributed by atoms with Crippen molar-refractivity contribution in [3.05, 3.63) is 65.1 Å². The number of anilines is 1. The molecule has 0 aliphatic heterocycles. The molecule has 1 heterocycles. The number of pyridine rings is 1. The first-order valence-corrected chi connectivity index (χ1v) is 7.44. The van der Waals surface area contributed by atoms with Gasteiger partial charge >= 0.3 is 0 Å². The third-order valence-electron chi connectivity index (χ3n) is 3.65. The van der Waals surface area contributed by atoms with Gasteiger partial charge in [-0.25, -0.2) is 0 Å². The molecule has 0 radical (unpaired) electrons. The monoisotopic (exact) mass is 310 g/mol. The summed E-state index contributed by atoms with van der Waals surface area (Å²) in [4.78, 5) is 12.4. The number of hydrogen-bond donors (Lipinski definition) is 2. The van der Waals surface area contributed by atoms with Gasteiger partial charge in [0.1, 0.15) is 11.5 Å². The second kappa shape index (κ2) is 6.44. The van der Waals surface area contributed by atoms with E-state index < -0.39 is 0 Å². The molecule has 5 nitrogen and oxygen atoms in total. The number of phenolic OH excluding ortho intramolecular Hbond substituents is 1. The number of aromatic nitrogens is 1. The summed E-state index contributed by atoms with van der Waals surface area (Å²) >= 11 is 0. The van der Waals surface area contributed by atoms with Crippen LogP contribution in [0.15, 0.2) is 59.5 Å². The van der Waals surface area contributed by atoms with Gasteiger partial charge in [-0.2, -0.15) is 0 Å². The normalized spacial score (nSPS) is 10.8. The predicted molar refractivity (Wildman–Crippen MR) is 90.8 cm³/mol. The molecule has 0 saturated carbocycles. The van der Waals surface area contributed by atoms with Crippen LogP contribution in [-0.4, -0.2) is 16.3 Å². The number of aromatic hydroxyl groups is 1. The first-order chi connectivity index (χ1) is 11.1. The molecule has 0 saturated heterocycles. The molecule has 2 aromatic carbocycles. The fraction of sp³-hybridized carbons (Fsp3) is 0.167. The fourth-order valence-corrected chi connectivity index (χ4v) is 2.43. The van der Waals surface area contributed by atoms with Crippen molar-refractivity contribution in [2.45, 2.75) is 13.0 Å². The zero-order valence-electron chi connectivity index (χ0n) is 12.6. The van der Waals surface area contributed by atoms with Crippen molar-refractivity contribution in [1.82, 2.24) is 4.57 Å². The van der Waals surface area contributed by atoms with Crippen molar-refractivity contribution in [1.29, 1.82) is 0 Å². The van der Waals surface area contributed by atoms with E-state index in [1.165, 1.54) is 6.07 Å². The van der Waals surface area contributed by atoms with E-state index >= 15 is 0 Å². The second-order valence-electron chi connectivity index (χ2n) is 5.36. The highest BCUT2D eigenvalue weighted by atomic mass is 16.5. The summed E-state index contributed by atoms with van der Waals surface area (Å²) in [6.07, 6.45) is 2.47. The van der Waals surface area contributed by atoms with Gasteiger partial charge in [0.05, 0.1) is 12.0 Å². The van der Waals surface area contributed by atoms with Crippen LogP contribution >= 0.6 is 0 Å². The Morgan fingerprint density at radius 2 is 1.87 bits per heavy atom. The number of benzene rings is 2. The van der Waals surface area contributed by atoms with E-state index in [0.717, 1.165) is 11.1 Å². The van der Waals surface area contributed by atoms with E-state index in [4.69, 9.17) is 10.5 Å². The van der Waals surface area contributed by atoms with Gasteiger partial charge in [0, 0.05) is 18.4 Å². The molecule has 0 bridgehead atoms. The number of hydrogen-bond acceptors (Lipinski definition) is 4. The van der Waals surface area contributed by atoms with E-state index in [1.54, 1.807) is 35.0 Å². The molecule has 3 N–H and O–H groups in total. The van der Waals surface area contributed by atoms with Gasteiger partial charge in [-0.3, -0.25) is 4.79 Å². The Kier molecular flexibility index (Phi) is 4.19. The maximum atomic E-state index is 12.4. The van der Waals surface area contributed by atoms with E-state index in [2.05, 4.69) is 0 Å². The smallest absolute Gasteiger partial charge is 0.258 e. The number of rotatable bonds is 5. The van der Waals surface area contributed by atoms with Gasteiger partial charge in [0.25, 0.3) is 5.56 Å². The van der Waals surface area contributed by atoms with Crippen LogP contribution < -0.4 is 16.0 Å². The van der Waals surface area contributed by atoms with E-state index in [0.29, 0.717) is 30.6 Å². The quantitative estimate of drug-likeness (QED) is 0.561. The third kappa shape index (κ3) is 3.45. The lowest BCUT2D eigenvalue weighted by atomic mass is 10.1. The maximum absolute atomic E-state index is 12.4. The van der Waals surface area contributed by atoms with Crippen LogP contribution in [0.5, 0.6) is 11.5 Å². The van der Waals surface area contributed by atoms with Crippen molar-refractivity contribution in [3.63, 3.8) is 0 Å². The number of phenols is 1. The Morgan fingerprint density at radius 1 is 1.09 bits per heavy atom. The average molecular weight is 310 g/mol. The highest BCUT2D eigenvalue weighted by Crippen LogP contribution is 2.16. The maximum Gasteiger partial charge on any atom is 0.258 e. The Bertz CT molecular complexity index is 870. The van der Waals surface area contributed by atoms with Gasteiger partial charge in [0.2, 0.25) is 0 Å². The molecule has 23 heavy (non-hydrogen) atoms. The molecular formula is C18H18N2O3. The molecule has 118 valence electrons.